The highest BCUT2D eigenvalue weighted by Crippen LogP contribution is 2.33. The molecule has 84 valence electrons. The van der Waals surface area contributed by atoms with Gasteiger partial charge in [0.2, 0.25) is 0 Å². The average Bonchev–Trinajstić information content (AvgIpc) is 2.14. The Morgan fingerprint density at radius 3 is 2.53 bits per heavy atom. The number of nitrogens with one attached hydrogen (secondary N) is 1. The normalized spacial score (nSPS) is 10.7. The van der Waals surface area contributed by atoms with Crippen LogP contribution < -0.4 is 16.8 Å². The van der Waals surface area contributed by atoms with Crippen molar-refractivity contribution < 1.29 is 4.39 Å². The number of nitrogens with two attached hydrogens (primary N) is 2. The quantitative estimate of drug-likeness (QED) is 0.701. The van der Waals surface area contributed by atoms with Gasteiger partial charge in [-0.2, -0.15) is 0 Å². The lowest BCUT2D eigenvalue weighted by Gasteiger charge is -2.14. The predicted octanol–water partition coefficient (Wildman–Crippen LogP) is 2.71. The SMILES string of the molecule is CC(C)CNc1c(N)cc(N)c(Cl)c1F. The zero-order valence-corrected chi connectivity index (χ0v) is 9.53. The molecule has 15 heavy (non-hydrogen) atoms. The summed E-state index contributed by atoms with van der Waals surface area (Å²) >= 11 is 5.67. The van der Waals surface area contributed by atoms with Crippen LogP contribution >= 0.6 is 11.6 Å². The van der Waals surface area contributed by atoms with Crippen molar-refractivity contribution in [1.82, 2.24) is 0 Å². The molecule has 0 heterocycles. The average molecular weight is 232 g/mol. The molecule has 1 aromatic carbocycles. The van der Waals surface area contributed by atoms with Crippen LogP contribution in [0.5, 0.6) is 0 Å². The van der Waals surface area contributed by atoms with Crippen LogP contribution in [0.3, 0.4) is 0 Å². The zero-order valence-electron chi connectivity index (χ0n) is 8.77. The fourth-order valence-corrected chi connectivity index (χ4v) is 1.30. The lowest BCUT2D eigenvalue weighted by atomic mass is 10.2. The van der Waals surface area contributed by atoms with Crippen LogP contribution in [0.1, 0.15) is 13.8 Å². The fourth-order valence-electron chi connectivity index (χ4n) is 1.15. The maximum absolute atomic E-state index is 13.6. The molecule has 3 nitrogen and oxygen atoms in total. The highest BCUT2D eigenvalue weighted by Gasteiger charge is 2.13. The Kier molecular flexibility index (Phi) is 3.63. The van der Waals surface area contributed by atoms with Crippen LogP contribution in [-0.2, 0) is 0 Å². The van der Waals surface area contributed by atoms with E-state index in [1.165, 1.54) is 6.07 Å². The van der Waals surface area contributed by atoms with Gasteiger partial charge < -0.3 is 16.8 Å². The van der Waals surface area contributed by atoms with E-state index in [-0.39, 0.29) is 22.1 Å². The van der Waals surface area contributed by atoms with Crippen molar-refractivity contribution in [1.29, 1.82) is 0 Å². The Morgan fingerprint density at radius 2 is 2.00 bits per heavy atom. The first kappa shape index (κ1) is 11.9. The first-order valence-corrected chi connectivity index (χ1v) is 5.08. The summed E-state index contributed by atoms with van der Waals surface area (Å²) in [5.41, 5.74) is 11.8. The van der Waals surface area contributed by atoms with Gasteiger partial charge in [-0.3, -0.25) is 0 Å². The standard InChI is InChI=1S/C10H15ClFN3/c1-5(2)4-15-10-7(14)3-6(13)8(11)9(10)12/h3,5,15H,4,13-14H2,1-2H3. The summed E-state index contributed by atoms with van der Waals surface area (Å²) in [5.74, 6) is -0.199. The Morgan fingerprint density at radius 1 is 1.40 bits per heavy atom. The Hall–Kier alpha value is -1.16. The summed E-state index contributed by atoms with van der Waals surface area (Å²) < 4.78 is 13.6. The third-order valence-corrected chi connectivity index (χ3v) is 2.34. The maximum atomic E-state index is 13.6. The first-order chi connectivity index (χ1) is 6.93. The van der Waals surface area contributed by atoms with E-state index in [1.807, 2.05) is 13.8 Å². The van der Waals surface area contributed by atoms with Crippen LogP contribution in [0.15, 0.2) is 6.07 Å². The number of hydrogen-bond donors (Lipinski definition) is 3. The molecule has 0 fully saturated rings. The van der Waals surface area contributed by atoms with Gasteiger partial charge in [0, 0.05) is 6.54 Å². The van der Waals surface area contributed by atoms with Gasteiger partial charge in [-0.25, -0.2) is 4.39 Å². The van der Waals surface area contributed by atoms with Crippen LogP contribution in [0, 0.1) is 11.7 Å². The second kappa shape index (κ2) is 4.57. The van der Waals surface area contributed by atoms with E-state index in [0.29, 0.717) is 12.5 Å². The summed E-state index contributed by atoms with van der Waals surface area (Å²) in [4.78, 5) is 0. The molecule has 0 radical (unpaired) electrons. The molecule has 5 N–H and O–H groups in total. The van der Waals surface area contributed by atoms with Gasteiger partial charge in [0.05, 0.1) is 17.1 Å². The smallest absolute Gasteiger partial charge is 0.169 e. The van der Waals surface area contributed by atoms with Crippen LogP contribution in [-0.4, -0.2) is 6.54 Å². The van der Waals surface area contributed by atoms with Crippen molar-refractivity contribution in [2.75, 3.05) is 23.3 Å². The molecule has 0 saturated carbocycles. The molecule has 0 atom stereocenters. The third-order valence-electron chi connectivity index (χ3n) is 1.95. The zero-order chi connectivity index (χ0) is 11.6. The van der Waals surface area contributed by atoms with Crippen molar-refractivity contribution in [3.8, 4) is 0 Å². The third kappa shape index (κ3) is 2.65. The highest BCUT2D eigenvalue weighted by molar-refractivity contribution is 6.33. The minimum Gasteiger partial charge on any atom is -0.397 e. The highest BCUT2D eigenvalue weighted by atomic mass is 35.5. The molecular formula is C10H15ClFN3. The number of anilines is 3. The number of nitrogen functional groups attached to an aromatic ring is 2. The fraction of sp³-hybridized carbons (Fsp3) is 0.400. The van der Waals surface area contributed by atoms with Crippen molar-refractivity contribution in [3.63, 3.8) is 0 Å². The van der Waals surface area contributed by atoms with Crippen molar-refractivity contribution in [2.45, 2.75) is 13.8 Å². The topological polar surface area (TPSA) is 64.1 Å². The van der Waals surface area contributed by atoms with Crippen LogP contribution in [0.25, 0.3) is 0 Å². The number of hydrogen-bond acceptors (Lipinski definition) is 3. The van der Waals surface area contributed by atoms with Crippen LogP contribution in [0.4, 0.5) is 21.5 Å². The van der Waals surface area contributed by atoms with Crippen molar-refractivity contribution in [3.05, 3.63) is 16.9 Å². The summed E-state index contributed by atoms with van der Waals surface area (Å²) in [6.07, 6.45) is 0. The van der Waals surface area contributed by atoms with Gasteiger partial charge >= 0.3 is 0 Å². The Labute approximate surface area is 93.6 Å². The van der Waals surface area contributed by atoms with Crippen LogP contribution in [0.2, 0.25) is 5.02 Å². The van der Waals surface area contributed by atoms with E-state index >= 15 is 0 Å². The molecule has 5 heteroatoms. The second-order valence-electron chi connectivity index (χ2n) is 3.83. The largest absolute Gasteiger partial charge is 0.397 e. The summed E-state index contributed by atoms with van der Waals surface area (Å²) in [5, 5.41) is 2.82. The van der Waals surface area contributed by atoms with E-state index in [1.54, 1.807) is 0 Å². The molecule has 0 unspecified atom stereocenters. The number of benzene rings is 1. The molecule has 0 aliphatic heterocycles. The predicted molar refractivity (Wildman–Crippen MR) is 63.6 cm³/mol. The Balaban J connectivity index is 3.02. The lowest BCUT2D eigenvalue weighted by molar-refractivity contribution is 0.625. The van der Waals surface area contributed by atoms with Gasteiger partial charge in [-0.15, -0.1) is 0 Å². The van der Waals surface area contributed by atoms with E-state index in [0.717, 1.165) is 0 Å². The first-order valence-electron chi connectivity index (χ1n) is 4.70. The Bertz CT molecular complexity index is 366. The minimum atomic E-state index is -0.588. The van der Waals surface area contributed by atoms with Crippen molar-refractivity contribution in [2.24, 2.45) is 5.92 Å². The molecule has 0 amide bonds. The molecule has 0 aromatic heterocycles. The van der Waals surface area contributed by atoms with E-state index in [4.69, 9.17) is 23.1 Å². The lowest BCUT2D eigenvalue weighted by Crippen LogP contribution is -2.11. The number of halogens is 2. The molecule has 1 aromatic rings. The van der Waals surface area contributed by atoms with Gasteiger partial charge in [-0.05, 0) is 12.0 Å². The minimum absolute atomic E-state index is 0.0875. The van der Waals surface area contributed by atoms with E-state index < -0.39 is 5.82 Å². The monoisotopic (exact) mass is 231 g/mol. The molecular weight excluding hydrogens is 217 g/mol. The van der Waals surface area contributed by atoms with Gasteiger partial charge in [0.15, 0.2) is 5.82 Å². The maximum Gasteiger partial charge on any atom is 0.169 e. The van der Waals surface area contributed by atoms with Gasteiger partial charge in [0.25, 0.3) is 0 Å². The summed E-state index contributed by atoms with van der Waals surface area (Å²) in [7, 11) is 0. The second-order valence-corrected chi connectivity index (χ2v) is 4.21. The van der Waals surface area contributed by atoms with E-state index in [9.17, 15) is 4.39 Å². The molecule has 0 saturated heterocycles. The summed E-state index contributed by atoms with van der Waals surface area (Å²) in [6.45, 7) is 4.65. The molecule has 0 bridgehead atoms. The summed E-state index contributed by atoms with van der Waals surface area (Å²) in [6, 6.07) is 1.45. The molecule has 0 spiro atoms. The van der Waals surface area contributed by atoms with E-state index in [2.05, 4.69) is 5.32 Å². The number of rotatable bonds is 3. The molecule has 0 aliphatic rings. The van der Waals surface area contributed by atoms with Gasteiger partial charge in [-0.1, -0.05) is 25.4 Å². The van der Waals surface area contributed by atoms with Gasteiger partial charge in [0.1, 0.15) is 5.02 Å². The molecule has 0 aliphatic carbocycles. The van der Waals surface area contributed by atoms with Crippen molar-refractivity contribution >= 4 is 28.7 Å². The molecule has 1 rings (SSSR count).